The molecule has 0 spiro atoms. The van der Waals surface area contributed by atoms with Crippen molar-refractivity contribution in [2.24, 2.45) is 0 Å². The number of carboxylic acid groups (broad SMARTS) is 1. The van der Waals surface area contributed by atoms with Gasteiger partial charge in [-0.1, -0.05) is 6.08 Å². The van der Waals surface area contributed by atoms with Crippen LogP contribution < -0.4 is 10.6 Å². The van der Waals surface area contributed by atoms with Crippen LogP contribution in [-0.2, 0) is 9.59 Å². The molecule has 0 aromatic heterocycles. The van der Waals surface area contributed by atoms with E-state index in [0.717, 1.165) is 25.1 Å². The topological polar surface area (TPSA) is 78.4 Å². The van der Waals surface area contributed by atoms with E-state index < -0.39 is 11.9 Å². The Morgan fingerprint density at radius 2 is 1.93 bits per heavy atom. The lowest BCUT2D eigenvalue weighted by Crippen LogP contribution is -2.31. The third-order valence-corrected chi connectivity index (χ3v) is 1.50. The van der Waals surface area contributed by atoms with Gasteiger partial charge in [0.1, 0.15) is 0 Å². The van der Waals surface area contributed by atoms with Crippen LogP contribution in [0.1, 0.15) is 6.42 Å². The van der Waals surface area contributed by atoms with Gasteiger partial charge in [0.25, 0.3) is 0 Å². The van der Waals surface area contributed by atoms with Gasteiger partial charge >= 0.3 is 5.97 Å². The second kappa shape index (κ2) is 8.96. The zero-order chi connectivity index (χ0) is 11.5. The van der Waals surface area contributed by atoms with Crippen LogP contribution in [0.5, 0.6) is 0 Å². The molecule has 0 aromatic rings. The van der Waals surface area contributed by atoms with Gasteiger partial charge in [-0.05, 0) is 13.0 Å². The van der Waals surface area contributed by atoms with Crippen molar-refractivity contribution >= 4 is 11.9 Å². The number of aliphatic carboxylic acids is 1. The van der Waals surface area contributed by atoms with E-state index in [1.165, 1.54) is 0 Å². The molecule has 0 aliphatic heterocycles. The Balaban J connectivity index is 3.39. The first-order valence-electron chi connectivity index (χ1n) is 4.67. The van der Waals surface area contributed by atoms with Crippen molar-refractivity contribution in [2.45, 2.75) is 6.42 Å². The molecule has 0 aliphatic rings. The average molecular weight is 212 g/mol. The molecule has 0 aliphatic carbocycles. The molecule has 84 valence electrons. The normalized spacial score (nSPS) is 10.1. The molecule has 0 saturated heterocycles. The second-order valence-electron chi connectivity index (χ2n) is 2.79. The third-order valence-electron chi connectivity index (χ3n) is 1.50. The van der Waals surface area contributed by atoms with Crippen molar-refractivity contribution in [3.63, 3.8) is 0 Å². The van der Waals surface area contributed by atoms with Gasteiger partial charge in [0.15, 0.2) is 0 Å². The van der Waals surface area contributed by atoms with Crippen molar-refractivity contribution in [3.8, 4) is 0 Å². The monoisotopic (exact) mass is 212 g/mol. The molecule has 0 aromatic carbocycles. The molecule has 5 heteroatoms. The van der Waals surface area contributed by atoms with Crippen LogP contribution in [0, 0.1) is 0 Å². The van der Waals surface area contributed by atoms with Crippen molar-refractivity contribution < 1.29 is 14.7 Å². The first kappa shape index (κ1) is 13.4. The molecule has 0 atom stereocenters. The van der Waals surface area contributed by atoms with E-state index in [4.69, 9.17) is 5.11 Å². The van der Waals surface area contributed by atoms with Crippen LogP contribution in [0.15, 0.2) is 24.8 Å². The molecule has 0 heterocycles. The highest BCUT2D eigenvalue weighted by Gasteiger charge is 1.95. The van der Waals surface area contributed by atoms with E-state index in [1.54, 1.807) is 6.08 Å². The predicted molar refractivity (Wildman–Crippen MR) is 57.5 cm³/mol. The van der Waals surface area contributed by atoms with E-state index in [9.17, 15) is 9.59 Å². The summed E-state index contributed by atoms with van der Waals surface area (Å²) in [4.78, 5) is 21.0. The van der Waals surface area contributed by atoms with E-state index in [2.05, 4.69) is 17.2 Å². The van der Waals surface area contributed by atoms with Gasteiger partial charge < -0.3 is 15.7 Å². The zero-order valence-electron chi connectivity index (χ0n) is 8.53. The first-order chi connectivity index (χ1) is 7.16. The summed E-state index contributed by atoms with van der Waals surface area (Å²) in [6.07, 6.45) is 4.49. The fraction of sp³-hybridized carbons (Fsp3) is 0.400. The summed E-state index contributed by atoms with van der Waals surface area (Å²) in [6.45, 7) is 5.52. The second-order valence-corrected chi connectivity index (χ2v) is 2.79. The zero-order valence-corrected chi connectivity index (χ0v) is 8.53. The molecule has 5 nitrogen and oxygen atoms in total. The first-order valence-corrected chi connectivity index (χ1v) is 4.67. The Morgan fingerprint density at radius 1 is 1.20 bits per heavy atom. The maximum Gasteiger partial charge on any atom is 0.328 e. The maximum atomic E-state index is 10.9. The summed E-state index contributed by atoms with van der Waals surface area (Å²) in [5.41, 5.74) is 0. The Kier molecular flexibility index (Phi) is 7.99. The molecule has 0 radical (unpaired) electrons. The summed E-state index contributed by atoms with van der Waals surface area (Å²) >= 11 is 0. The molecular weight excluding hydrogens is 196 g/mol. The number of rotatable bonds is 8. The van der Waals surface area contributed by atoms with Gasteiger partial charge in [-0.25, -0.2) is 4.79 Å². The molecule has 1 amide bonds. The standard InChI is InChI=1S/C10H16N2O3/c1-2-3-6-11-7-8-12-9(13)4-5-10(14)15/h2,4-5,11H,1,3,6-8H2,(H,12,13)(H,14,15)/b5-4+. The van der Waals surface area contributed by atoms with Crippen molar-refractivity contribution in [1.29, 1.82) is 0 Å². The van der Waals surface area contributed by atoms with Crippen LogP contribution >= 0.6 is 0 Å². The summed E-state index contributed by atoms with van der Waals surface area (Å²) < 4.78 is 0. The minimum atomic E-state index is -1.13. The molecule has 15 heavy (non-hydrogen) atoms. The Bertz CT molecular complexity index is 249. The van der Waals surface area contributed by atoms with E-state index in [-0.39, 0.29) is 0 Å². The number of carbonyl (C=O) groups is 2. The molecule has 0 bridgehead atoms. The van der Waals surface area contributed by atoms with Crippen LogP contribution in [0.25, 0.3) is 0 Å². The summed E-state index contributed by atoms with van der Waals surface area (Å²) in [5.74, 6) is -1.53. The van der Waals surface area contributed by atoms with Gasteiger partial charge in [0.05, 0.1) is 0 Å². The lowest BCUT2D eigenvalue weighted by Gasteiger charge is -2.03. The van der Waals surface area contributed by atoms with Gasteiger partial charge in [-0.3, -0.25) is 4.79 Å². The number of carboxylic acids is 1. The van der Waals surface area contributed by atoms with Crippen LogP contribution in [0.2, 0.25) is 0 Å². The summed E-state index contributed by atoms with van der Waals surface area (Å²) in [7, 11) is 0. The minimum Gasteiger partial charge on any atom is -0.478 e. The van der Waals surface area contributed by atoms with E-state index in [1.807, 2.05) is 0 Å². The Labute approximate surface area is 88.9 Å². The van der Waals surface area contributed by atoms with Gasteiger partial charge in [0, 0.05) is 25.2 Å². The highest BCUT2D eigenvalue weighted by Crippen LogP contribution is 1.75. The van der Waals surface area contributed by atoms with Crippen LogP contribution in [0.3, 0.4) is 0 Å². The molecular formula is C10H16N2O3. The van der Waals surface area contributed by atoms with Gasteiger partial charge in [-0.2, -0.15) is 0 Å². The third kappa shape index (κ3) is 10.3. The Hall–Kier alpha value is -1.62. The fourth-order valence-corrected chi connectivity index (χ4v) is 0.809. The lowest BCUT2D eigenvalue weighted by atomic mass is 10.4. The van der Waals surface area contributed by atoms with Crippen LogP contribution in [0.4, 0.5) is 0 Å². The molecule has 0 rings (SSSR count). The van der Waals surface area contributed by atoms with Crippen molar-refractivity contribution in [3.05, 3.63) is 24.8 Å². The average Bonchev–Trinajstić information content (AvgIpc) is 2.20. The smallest absolute Gasteiger partial charge is 0.328 e. The Morgan fingerprint density at radius 3 is 2.53 bits per heavy atom. The number of nitrogens with one attached hydrogen (secondary N) is 2. The highest BCUT2D eigenvalue weighted by molar-refractivity contribution is 5.93. The largest absolute Gasteiger partial charge is 0.478 e. The lowest BCUT2D eigenvalue weighted by molar-refractivity contribution is -0.131. The number of amides is 1. The summed E-state index contributed by atoms with van der Waals surface area (Å²) in [6, 6.07) is 0. The van der Waals surface area contributed by atoms with E-state index >= 15 is 0 Å². The SMILES string of the molecule is C=CCCNCCNC(=O)/C=C/C(=O)O. The number of hydrogen-bond acceptors (Lipinski definition) is 3. The summed E-state index contributed by atoms with van der Waals surface area (Å²) in [5, 5.41) is 13.9. The molecule has 3 N–H and O–H groups in total. The molecule has 0 saturated carbocycles. The predicted octanol–water partition coefficient (Wildman–Crippen LogP) is -0.0909. The minimum absolute atomic E-state index is 0.400. The molecule has 0 fully saturated rings. The van der Waals surface area contributed by atoms with Gasteiger partial charge in [0.2, 0.25) is 5.91 Å². The van der Waals surface area contributed by atoms with Crippen molar-refractivity contribution in [1.82, 2.24) is 10.6 Å². The van der Waals surface area contributed by atoms with Crippen molar-refractivity contribution in [2.75, 3.05) is 19.6 Å². The number of carbonyl (C=O) groups excluding carboxylic acids is 1. The quantitative estimate of drug-likeness (QED) is 0.298. The highest BCUT2D eigenvalue weighted by atomic mass is 16.4. The fourth-order valence-electron chi connectivity index (χ4n) is 0.809. The number of hydrogen-bond donors (Lipinski definition) is 3. The molecule has 0 unspecified atom stereocenters. The van der Waals surface area contributed by atoms with Crippen LogP contribution in [-0.4, -0.2) is 36.6 Å². The van der Waals surface area contributed by atoms with E-state index in [0.29, 0.717) is 13.1 Å². The maximum absolute atomic E-state index is 10.9. The van der Waals surface area contributed by atoms with Gasteiger partial charge in [-0.15, -0.1) is 6.58 Å².